The minimum atomic E-state index is -0.0666. The summed E-state index contributed by atoms with van der Waals surface area (Å²) in [6.45, 7) is 8.08. The number of piperidine rings is 1. The topological polar surface area (TPSA) is 65.8 Å². The van der Waals surface area contributed by atoms with Crippen LogP contribution in [-0.2, 0) is 0 Å². The number of nitrogens with zero attached hydrogens (tertiary/aromatic N) is 5. The molecule has 0 aliphatic carbocycles. The molecular formula is C23H30N6OS. The fourth-order valence-electron chi connectivity index (χ4n) is 4.49. The summed E-state index contributed by atoms with van der Waals surface area (Å²) < 4.78 is 2.15. The van der Waals surface area contributed by atoms with E-state index in [2.05, 4.69) is 62.9 Å². The maximum Gasteiger partial charge on any atom is 0.271 e. The van der Waals surface area contributed by atoms with Crippen LogP contribution in [-0.4, -0.2) is 52.5 Å². The number of anilines is 2. The van der Waals surface area contributed by atoms with Crippen LogP contribution in [0.15, 0.2) is 29.9 Å². The molecule has 0 aromatic carbocycles. The van der Waals surface area contributed by atoms with Gasteiger partial charge < -0.3 is 19.5 Å². The molecule has 0 bridgehead atoms. The third-order valence-electron chi connectivity index (χ3n) is 6.28. The Bertz CT molecular complexity index is 1070. The number of amides is 1. The van der Waals surface area contributed by atoms with Crippen LogP contribution in [0.25, 0.3) is 5.52 Å². The molecule has 8 heteroatoms. The number of fused-ring (bicyclic) bond motifs is 1. The lowest BCUT2D eigenvalue weighted by Crippen LogP contribution is -2.37. The Balaban J connectivity index is 1.26. The second kappa shape index (κ2) is 8.49. The molecule has 5 heterocycles. The van der Waals surface area contributed by atoms with Gasteiger partial charge in [-0.25, -0.2) is 9.97 Å². The van der Waals surface area contributed by atoms with Crippen LogP contribution in [0.3, 0.4) is 0 Å². The van der Waals surface area contributed by atoms with E-state index in [0.717, 1.165) is 54.8 Å². The molecule has 0 saturated carbocycles. The van der Waals surface area contributed by atoms with Crippen molar-refractivity contribution < 1.29 is 4.79 Å². The Labute approximate surface area is 187 Å². The lowest BCUT2D eigenvalue weighted by molar-refractivity contribution is 0.0936. The Hall–Kier alpha value is -2.61. The highest BCUT2D eigenvalue weighted by atomic mass is 32.1. The molecule has 3 aromatic rings. The summed E-state index contributed by atoms with van der Waals surface area (Å²) in [4.78, 5) is 27.0. The standard InChI is InChI=1S/C23H30N6OS/c1-16(2)18-14-28-11-6-7-20(28)21(25-18)29-12-8-17(13-29)24-22(30)19-15-31-23(26-19)27-9-4-3-5-10-27/h6-7,11,14-17H,3-5,8-10,12-13H2,1-2H3,(H,24,30). The van der Waals surface area contributed by atoms with Gasteiger partial charge in [0.05, 0.1) is 11.2 Å². The fourth-order valence-corrected chi connectivity index (χ4v) is 5.35. The highest BCUT2D eigenvalue weighted by molar-refractivity contribution is 7.13. The first-order chi connectivity index (χ1) is 15.1. The number of aromatic nitrogens is 3. The van der Waals surface area contributed by atoms with Crippen molar-refractivity contribution in [3.8, 4) is 0 Å². The molecule has 1 amide bonds. The van der Waals surface area contributed by atoms with Crippen molar-refractivity contribution in [2.45, 2.75) is 51.5 Å². The fraction of sp³-hybridized carbons (Fsp3) is 0.522. The highest BCUT2D eigenvalue weighted by Gasteiger charge is 2.28. The van der Waals surface area contributed by atoms with Gasteiger partial charge in [0.2, 0.25) is 0 Å². The number of nitrogens with one attached hydrogen (secondary N) is 1. The van der Waals surface area contributed by atoms with E-state index >= 15 is 0 Å². The molecule has 3 aromatic heterocycles. The maximum absolute atomic E-state index is 12.8. The van der Waals surface area contributed by atoms with Gasteiger partial charge in [0.25, 0.3) is 5.91 Å². The maximum atomic E-state index is 12.8. The van der Waals surface area contributed by atoms with Crippen molar-refractivity contribution in [3.63, 3.8) is 0 Å². The van der Waals surface area contributed by atoms with Gasteiger partial charge in [-0.2, -0.15) is 0 Å². The van der Waals surface area contributed by atoms with Gasteiger partial charge in [0, 0.05) is 50.0 Å². The second-order valence-corrected chi connectivity index (χ2v) is 9.75. The summed E-state index contributed by atoms with van der Waals surface area (Å²) >= 11 is 1.58. The van der Waals surface area contributed by atoms with Gasteiger partial charge >= 0.3 is 0 Å². The zero-order valence-corrected chi connectivity index (χ0v) is 19.1. The van der Waals surface area contributed by atoms with Crippen LogP contribution < -0.4 is 15.1 Å². The van der Waals surface area contributed by atoms with Crippen LogP contribution >= 0.6 is 11.3 Å². The summed E-state index contributed by atoms with van der Waals surface area (Å²) in [5, 5.41) is 6.07. The van der Waals surface area contributed by atoms with E-state index in [9.17, 15) is 4.79 Å². The van der Waals surface area contributed by atoms with Crippen LogP contribution in [0.2, 0.25) is 0 Å². The largest absolute Gasteiger partial charge is 0.353 e. The van der Waals surface area contributed by atoms with Crippen LogP contribution in [0, 0.1) is 0 Å². The second-order valence-electron chi connectivity index (χ2n) is 8.91. The minimum Gasteiger partial charge on any atom is -0.353 e. The molecule has 164 valence electrons. The zero-order chi connectivity index (χ0) is 21.4. The average Bonchev–Trinajstić information content (AvgIpc) is 3.53. The predicted molar refractivity (Wildman–Crippen MR) is 126 cm³/mol. The number of carbonyl (C=O) groups excluding carboxylic acids is 1. The van der Waals surface area contributed by atoms with Crippen molar-refractivity contribution >= 4 is 33.7 Å². The van der Waals surface area contributed by atoms with Gasteiger partial charge in [-0.05, 0) is 43.7 Å². The minimum absolute atomic E-state index is 0.0666. The molecule has 1 N–H and O–H groups in total. The zero-order valence-electron chi connectivity index (χ0n) is 18.3. The third-order valence-corrected chi connectivity index (χ3v) is 7.18. The van der Waals surface area contributed by atoms with E-state index < -0.39 is 0 Å². The molecule has 1 unspecified atom stereocenters. The van der Waals surface area contributed by atoms with E-state index in [1.807, 2.05) is 5.38 Å². The summed E-state index contributed by atoms with van der Waals surface area (Å²) in [6, 6.07) is 4.27. The molecule has 2 fully saturated rings. The molecule has 0 spiro atoms. The Kier molecular flexibility index (Phi) is 5.56. The van der Waals surface area contributed by atoms with Crippen molar-refractivity contribution in [1.29, 1.82) is 0 Å². The van der Waals surface area contributed by atoms with E-state index in [1.165, 1.54) is 19.3 Å². The molecule has 1 atom stereocenters. The average molecular weight is 439 g/mol. The summed E-state index contributed by atoms with van der Waals surface area (Å²) in [5.41, 5.74) is 2.74. The van der Waals surface area contributed by atoms with E-state index in [1.54, 1.807) is 11.3 Å². The molecule has 2 aliphatic rings. The lowest BCUT2D eigenvalue weighted by Gasteiger charge is -2.25. The Morgan fingerprint density at radius 2 is 2.00 bits per heavy atom. The number of rotatable bonds is 5. The highest BCUT2D eigenvalue weighted by Crippen LogP contribution is 2.27. The van der Waals surface area contributed by atoms with E-state index in [0.29, 0.717) is 11.6 Å². The normalized spacial score (nSPS) is 19.5. The molecular weight excluding hydrogens is 408 g/mol. The van der Waals surface area contributed by atoms with Gasteiger partial charge in [0.1, 0.15) is 5.69 Å². The molecule has 2 saturated heterocycles. The van der Waals surface area contributed by atoms with Crippen molar-refractivity contribution in [2.24, 2.45) is 0 Å². The summed E-state index contributed by atoms with van der Waals surface area (Å²) in [7, 11) is 0. The molecule has 0 radical (unpaired) electrons. The van der Waals surface area contributed by atoms with E-state index in [-0.39, 0.29) is 11.9 Å². The smallest absolute Gasteiger partial charge is 0.271 e. The lowest BCUT2D eigenvalue weighted by atomic mass is 10.1. The van der Waals surface area contributed by atoms with E-state index in [4.69, 9.17) is 4.98 Å². The van der Waals surface area contributed by atoms with Crippen LogP contribution in [0.5, 0.6) is 0 Å². The van der Waals surface area contributed by atoms with Crippen molar-refractivity contribution in [3.05, 3.63) is 41.3 Å². The van der Waals surface area contributed by atoms with Crippen molar-refractivity contribution in [1.82, 2.24) is 19.7 Å². The Morgan fingerprint density at radius 3 is 2.81 bits per heavy atom. The first-order valence-electron chi connectivity index (χ1n) is 11.3. The first kappa shape index (κ1) is 20.3. The molecule has 2 aliphatic heterocycles. The summed E-state index contributed by atoms with van der Waals surface area (Å²) in [6.07, 6.45) is 8.80. The monoisotopic (exact) mass is 438 g/mol. The van der Waals surface area contributed by atoms with Gasteiger partial charge in [-0.3, -0.25) is 4.79 Å². The van der Waals surface area contributed by atoms with Crippen LogP contribution in [0.4, 0.5) is 10.9 Å². The predicted octanol–water partition coefficient (Wildman–Crippen LogP) is 3.91. The molecule has 7 nitrogen and oxygen atoms in total. The SMILES string of the molecule is CC(C)c1cn2cccc2c(N2CCC(NC(=O)c3csc(N4CCCCC4)n3)C2)n1. The molecule has 31 heavy (non-hydrogen) atoms. The number of hydrogen-bond acceptors (Lipinski definition) is 6. The number of hydrogen-bond donors (Lipinski definition) is 1. The Morgan fingerprint density at radius 1 is 1.16 bits per heavy atom. The number of thiazole rings is 1. The van der Waals surface area contributed by atoms with Gasteiger partial charge in [-0.15, -0.1) is 11.3 Å². The van der Waals surface area contributed by atoms with Gasteiger partial charge in [0.15, 0.2) is 10.9 Å². The molecule has 5 rings (SSSR count). The summed E-state index contributed by atoms with van der Waals surface area (Å²) in [5.74, 6) is 1.31. The first-order valence-corrected chi connectivity index (χ1v) is 12.2. The van der Waals surface area contributed by atoms with Crippen LogP contribution in [0.1, 0.15) is 61.6 Å². The number of carbonyl (C=O) groups is 1. The quantitative estimate of drug-likeness (QED) is 0.654. The third kappa shape index (κ3) is 4.13. The van der Waals surface area contributed by atoms with Gasteiger partial charge in [-0.1, -0.05) is 13.8 Å². The van der Waals surface area contributed by atoms with Crippen molar-refractivity contribution in [2.75, 3.05) is 36.0 Å².